The maximum absolute atomic E-state index is 13.8. The van der Waals surface area contributed by atoms with Crippen LogP contribution in [-0.4, -0.2) is 7.11 Å². The average Bonchev–Trinajstić information content (AvgIpc) is 2.41. The Labute approximate surface area is 135 Å². The van der Waals surface area contributed by atoms with Gasteiger partial charge >= 0.3 is 0 Å². The van der Waals surface area contributed by atoms with Crippen LogP contribution in [0.15, 0.2) is 34.8 Å². The third kappa shape index (κ3) is 3.66. The quantitative estimate of drug-likeness (QED) is 0.754. The fourth-order valence-corrected chi connectivity index (χ4v) is 3.00. The van der Waals surface area contributed by atoms with Crippen LogP contribution in [0, 0.1) is 11.6 Å². The number of methoxy groups -OCH3 is 1. The molecule has 0 amide bonds. The van der Waals surface area contributed by atoms with Gasteiger partial charge in [-0.05, 0) is 53.2 Å². The van der Waals surface area contributed by atoms with E-state index in [0.29, 0.717) is 20.9 Å². The molecule has 0 fully saturated rings. The van der Waals surface area contributed by atoms with E-state index in [2.05, 4.69) is 21.2 Å². The second-order valence-electron chi connectivity index (χ2n) is 4.50. The highest BCUT2D eigenvalue weighted by molar-refractivity contribution is 9.10. The average molecular weight is 377 g/mol. The first-order valence-corrected chi connectivity index (χ1v) is 7.34. The zero-order chi connectivity index (χ0) is 15.6. The van der Waals surface area contributed by atoms with Crippen molar-refractivity contribution in [1.82, 2.24) is 0 Å². The fourth-order valence-electron chi connectivity index (χ4n) is 2.03. The zero-order valence-electron chi connectivity index (χ0n) is 11.4. The maximum Gasteiger partial charge on any atom is 0.156 e. The van der Waals surface area contributed by atoms with Crippen LogP contribution in [0.1, 0.15) is 18.5 Å². The Hall–Kier alpha value is -1.33. The highest BCUT2D eigenvalue weighted by Gasteiger charge is 2.16. The van der Waals surface area contributed by atoms with Gasteiger partial charge in [-0.15, -0.1) is 0 Å². The summed E-state index contributed by atoms with van der Waals surface area (Å²) in [4.78, 5) is 0. The van der Waals surface area contributed by atoms with Gasteiger partial charge in [0.05, 0.1) is 23.3 Å². The summed E-state index contributed by atoms with van der Waals surface area (Å²) in [5.74, 6) is -0.418. The third-order valence-corrected chi connectivity index (χ3v) is 3.82. The standard InChI is InChI=1S/C15H13BrClF2NO/c1-8(11-7-10(18)3-4-13(11)19)20-14-6-9(17)5-12(16)15(14)21-2/h3-8,20H,1-2H3. The highest BCUT2D eigenvalue weighted by atomic mass is 79.9. The minimum Gasteiger partial charge on any atom is -0.493 e. The Morgan fingerprint density at radius 2 is 1.95 bits per heavy atom. The molecule has 0 saturated heterocycles. The summed E-state index contributed by atoms with van der Waals surface area (Å²) in [6.45, 7) is 1.73. The van der Waals surface area contributed by atoms with Crippen LogP contribution >= 0.6 is 27.5 Å². The summed E-state index contributed by atoms with van der Waals surface area (Å²) in [5, 5.41) is 3.58. The van der Waals surface area contributed by atoms with Crippen molar-refractivity contribution in [1.29, 1.82) is 0 Å². The third-order valence-electron chi connectivity index (χ3n) is 3.01. The van der Waals surface area contributed by atoms with Crippen LogP contribution in [-0.2, 0) is 0 Å². The number of ether oxygens (including phenoxy) is 1. The van der Waals surface area contributed by atoms with Gasteiger partial charge in [-0.3, -0.25) is 0 Å². The molecule has 2 nitrogen and oxygen atoms in total. The van der Waals surface area contributed by atoms with Gasteiger partial charge in [-0.2, -0.15) is 0 Å². The van der Waals surface area contributed by atoms with Crippen molar-refractivity contribution in [3.05, 3.63) is 57.0 Å². The largest absolute Gasteiger partial charge is 0.493 e. The zero-order valence-corrected chi connectivity index (χ0v) is 13.7. The molecule has 0 heterocycles. The Bertz CT molecular complexity index is 666. The Morgan fingerprint density at radius 3 is 2.62 bits per heavy atom. The molecule has 0 aromatic heterocycles. The molecule has 0 aliphatic carbocycles. The van der Waals surface area contributed by atoms with E-state index in [1.807, 2.05) is 0 Å². The minimum absolute atomic E-state index is 0.230. The lowest BCUT2D eigenvalue weighted by Gasteiger charge is -2.19. The Kier molecular flexibility index (Phi) is 5.06. The highest BCUT2D eigenvalue weighted by Crippen LogP contribution is 2.38. The van der Waals surface area contributed by atoms with E-state index in [0.717, 1.165) is 12.1 Å². The molecule has 1 N–H and O–H groups in total. The summed E-state index contributed by atoms with van der Waals surface area (Å²) < 4.78 is 33.0. The molecular weight excluding hydrogens is 364 g/mol. The number of nitrogens with one attached hydrogen (secondary N) is 1. The molecule has 1 unspecified atom stereocenters. The lowest BCUT2D eigenvalue weighted by atomic mass is 10.1. The van der Waals surface area contributed by atoms with Crippen molar-refractivity contribution in [2.24, 2.45) is 0 Å². The molecule has 0 bridgehead atoms. The number of benzene rings is 2. The summed E-state index contributed by atoms with van der Waals surface area (Å²) >= 11 is 9.35. The van der Waals surface area contributed by atoms with Gasteiger partial charge < -0.3 is 10.1 Å². The predicted molar refractivity (Wildman–Crippen MR) is 84.1 cm³/mol. The topological polar surface area (TPSA) is 21.3 Å². The van der Waals surface area contributed by atoms with Crippen LogP contribution < -0.4 is 10.1 Å². The minimum atomic E-state index is -0.487. The van der Waals surface area contributed by atoms with Crippen LogP contribution in [0.25, 0.3) is 0 Å². The van der Waals surface area contributed by atoms with E-state index < -0.39 is 17.7 Å². The van der Waals surface area contributed by atoms with Gasteiger partial charge in [0.2, 0.25) is 0 Å². The molecule has 0 aliphatic rings. The first kappa shape index (κ1) is 16.0. The number of anilines is 1. The van der Waals surface area contributed by atoms with Crippen molar-refractivity contribution in [2.75, 3.05) is 12.4 Å². The number of hydrogen-bond acceptors (Lipinski definition) is 2. The molecule has 2 rings (SSSR count). The van der Waals surface area contributed by atoms with Gasteiger partial charge in [-0.25, -0.2) is 8.78 Å². The first-order valence-electron chi connectivity index (χ1n) is 6.17. The number of hydrogen-bond donors (Lipinski definition) is 1. The van der Waals surface area contributed by atoms with E-state index >= 15 is 0 Å². The smallest absolute Gasteiger partial charge is 0.156 e. The first-order chi connectivity index (χ1) is 9.92. The maximum atomic E-state index is 13.8. The van der Waals surface area contributed by atoms with Gasteiger partial charge in [0.1, 0.15) is 11.6 Å². The summed E-state index contributed by atoms with van der Waals surface area (Å²) in [6.07, 6.45) is 0. The molecular formula is C15H13BrClF2NO. The number of rotatable bonds is 4. The lowest BCUT2D eigenvalue weighted by Crippen LogP contribution is -2.10. The van der Waals surface area contributed by atoms with Crippen molar-refractivity contribution in [3.63, 3.8) is 0 Å². The van der Waals surface area contributed by atoms with Crippen molar-refractivity contribution >= 4 is 33.2 Å². The van der Waals surface area contributed by atoms with Crippen LogP contribution in [0.2, 0.25) is 5.02 Å². The molecule has 0 saturated carbocycles. The normalized spacial score (nSPS) is 12.1. The second kappa shape index (κ2) is 6.62. The SMILES string of the molecule is COc1c(Br)cc(Cl)cc1NC(C)c1cc(F)ccc1F. The van der Waals surface area contributed by atoms with Crippen LogP contribution in [0.3, 0.4) is 0 Å². The summed E-state index contributed by atoms with van der Waals surface area (Å²) in [5.41, 5.74) is 0.821. The number of halogens is 4. The molecule has 112 valence electrons. The van der Waals surface area contributed by atoms with Crippen LogP contribution in [0.5, 0.6) is 5.75 Å². The summed E-state index contributed by atoms with van der Waals surface area (Å²) in [6, 6.07) is 6.26. The van der Waals surface area contributed by atoms with E-state index in [9.17, 15) is 8.78 Å². The monoisotopic (exact) mass is 375 g/mol. The van der Waals surface area contributed by atoms with E-state index in [-0.39, 0.29) is 5.56 Å². The van der Waals surface area contributed by atoms with E-state index in [1.165, 1.54) is 13.2 Å². The summed E-state index contributed by atoms with van der Waals surface area (Å²) in [7, 11) is 1.52. The van der Waals surface area contributed by atoms with Crippen molar-refractivity contribution < 1.29 is 13.5 Å². The fraction of sp³-hybridized carbons (Fsp3) is 0.200. The van der Waals surface area contributed by atoms with Crippen molar-refractivity contribution in [2.45, 2.75) is 13.0 Å². The molecule has 0 aliphatic heterocycles. The predicted octanol–water partition coefficient (Wildman–Crippen LogP) is 5.56. The van der Waals surface area contributed by atoms with Crippen LogP contribution in [0.4, 0.5) is 14.5 Å². The Balaban J connectivity index is 2.35. The molecule has 0 spiro atoms. The molecule has 2 aromatic rings. The van der Waals surface area contributed by atoms with Gasteiger partial charge in [0, 0.05) is 10.6 Å². The van der Waals surface area contributed by atoms with Crippen molar-refractivity contribution in [3.8, 4) is 5.75 Å². The molecule has 1 atom stereocenters. The van der Waals surface area contributed by atoms with E-state index in [4.69, 9.17) is 16.3 Å². The molecule has 6 heteroatoms. The second-order valence-corrected chi connectivity index (χ2v) is 5.79. The lowest BCUT2D eigenvalue weighted by molar-refractivity contribution is 0.413. The van der Waals surface area contributed by atoms with E-state index in [1.54, 1.807) is 19.1 Å². The molecule has 0 radical (unpaired) electrons. The molecule has 2 aromatic carbocycles. The van der Waals surface area contributed by atoms with Gasteiger partial charge in [0.15, 0.2) is 5.75 Å². The van der Waals surface area contributed by atoms with Gasteiger partial charge in [0.25, 0.3) is 0 Å². The molecule has 21 heavy (non-hydrogen) atoms. The Morgan fingerprint density at radius 1 is 1.24 bits per heavy atom. The van der Waals surface area contributed by atoms with Gasteiger partial charge in [-0.1, -0.05) is 11.6 Å².